The number of aryl methyl sites for hydroxylation is 2. The Bertz CT molecular complexity index is 1080. The van der Waals surface area contributed by atoms with Gasteiger partial charge in [0.2, 0.25) is 0 Å². The third kappa shape index (κ3) is 6.46. The number of carbonyl (C=O) groups excluding carboxylic acids is 3. The highest BCUT2D eigenvalue weighted by Crippen LogP contribution is 2.19. The number of anilines is 1. The number of ether oxygens (including phenoxy) is 1. The normalized spacial score (nSPS) is 10.3. The fourth-order valence-electron chi connectivity index (χ4n) is 2.86. The Kier molecular flexibility index (Phi) is 7.64. The maximum Gasteiger partial charge on any atom is 0.287 e. The Hall–Kier alpha value is -4.07. The van der Waals surface area contributed by atoms with Crippen LogP contribution in [0, 0.1) is 13.8 Å². The molecule has 0 fully saturated rings. The molecule has 1 aromatic heterocycles. The van der Waals surface area contributed by atoms with Crippen LogP contribution >= 0.6 is 0 Å². The SMILES string of the molecule is Cc1ccc(C)c(OCC(=O)Nc2ccc(C(=O)NCCNC(=O)c3ccco3)cc2)c1. The Morgan fingerprint density at radius 2 is 1.62 bits per heavy atom. The van der Waals surface area contributed by atoms with Gasteiger partial charge in [0.1, 0.15) is 5.75 Å². The van der Waals surface area contributed by atoms with E-state index in [4.69, 9.17) is 9.15 Å². The summed E-state index contributed by atoms with van der Waals surface area (Å²) in [6.07, 6.45) is 1.42. The van der Waals surface area contributed by atoms with Crippen LogP contribution in [0.1, 0.15) is 32.0 Å². The maximum absolute atomic E-state index is 12.2. The standard InChI is InChI=1S/C24H25N3O5/c1-16-5-6-17(2)21(14-16)32-15-22(28)27-19-9-7-18(8-10-19)23(29)25-11-12-26-24(30)20-4-3-13-31-20/h3-10,13-14H,11-12,15H2,1-2H3,(H,25,29)(H,26,30)(H,27,28). The zero-order valence-electron chi connectivity index (χ0n) is 17.9. The zero-order valence-corrected chi connectivity index (χ0v) is 17.9. The first-order valence-corrected chi connectivity index (χ1v) is 10.1. The van der Waals surface area contributed by atoms with Crippen LogP contribution < -0.4 is 20.7 Å². The Morgan fingerprint density at radius 1 is 0.906 bits per heavy atom. The molecule has 2 aromatic carbocycles. The Balaban J connectivity index is 1.40. The summed E-state index contributed by atoms with van der Waals surface area (Å²) in [5.74, 6) is -0.0319. The minimum Gasteiger partial charge on any atom is -0.483 e. The number of carbonyl (C=O) groups is 3. The van der Waals surface area contributed by atoms with Crippen LogP contribution in [0.25, 0.3) is 0 Å². The lowest BCUT2D eigenvalue weighted by molar-refractivity contribution is -0.118. The molecule has 3 rings (SSSR count). The second-order valence-electron chi connectivity index (χ2n) is 7.17. The molecule has 8 nitrogen and oxygen atoms in total. The number of amides is 3. The molecule has 0 atom stereocenters. The van der Waals surface area contributed by atoms with Crippen LogP contribution in [-0.2, 0) is 4.79 Å². The van der Waals surface area contributed by atoms with Crippen LogP contribution in [-0.4, -0.2) is 37.4 Å². The van der Waals surface area contributed by atoms with Crippen molar-refractivity contribution < 1.29 is 23.5 Å². The van der Waals surface area contributed by atoms with E-state index in [1.807, 2.05) is 32.0 Å². The van der Waals surface area contributed by atoms with Gasteiger partial charge in [-0.15, -0.1) is 0 Å². The highest BCUT2D eigenvalue weighted by Gasteiger charge is 2.10. The minimum atomic E-state index is -0.342. The van der Waals surface area contributed by atoms with Crippen molar-refractivity contribution >= 4 is 23.4 Å². The van der Waals surface area contributed by atoms with Crippen LogP contribution in [0.5, 0.6) is 5.75 Å². The molecule has 0 saturated carbocycles. The zero-order chi connectivity index (χ0) is 22.9. The van der Waals surface area contributed by atoms with E-state index in [1.165, 1.54) is 6.26 Å². The third-order valence-electron chi connectivity index (χ3n) is 4.57. The molecule has 0 spiro atoms. The van der Waals surface area contributed by atoms with E-state index >= 15 is 0 Å². The van der Waals surface area contributed by atoms with Crippen molar-refractivity contribution in [3.63, 3.8) is 0 Å². The number of hydrogen-bond acceptors (Lipinski definition) is 5. The molecular formula is C24H25N3O5. The monoisotopic (exact) mass is 435 g/mol. The van der Waals surface area contributed by atoms with Gasteiger partial charge in [-0.05, 0) is 67.4 Å². The predicted molar refractivity (Wildman–Crippen MR) is 120 cm³/mol. The van der Waals surface area contributed by atoms with Crippen LogP contribution in [0.2, 0.25) is 0 Å². The average Bonchev–Trinajstić information content (AvgIpc) is 3.33. The number of furan rings is 1. The molecule has 166 valence electrons. The van der Waals surface area contributed by atoms with Gasteiger partial charge in [-0.1, -0.05) is 12.1 Å². The smallest absolute Gasteiger partial charge is 0.287 e. The lowest BCUT2D eigenvalue weighted by Gasteiger charge is -2.11. The summed E-state index contributed by atoms with van der Waals surface area (Å²) in [6.45, 7) is 4.29. The van der Waals surface area contributed by atoms with E-state index in [0.29, 0.717) is 17.0 Å². The Morgan fingerprint density at radius 3 is 2.31 bits per heavy atom. The summed E-state index contributed by atoms with van der Waals surface area (Å²) in [6, 6.07) is 15.5. The van der Waals surface area contributed by atoms with Gasteiger partial charge in [-0.25, -0.2) is 0 Å². The molecule has 32 heavy (non-hydrogen) atoms. The van der Waals surface area contributed by atoms with Crippen molar-refractivity contribution in [2.24, 2.45) is 0 Å². The van der Waals surface area contributed by atoms with Crippen molar-refractivity contribution in [1.82, 2.24) is 10.6 Å². The maximum atomic E-state index is 12.2. The molecule has 3 aromatic rings. The molecule has 3 N–H and O–H groups in total. The number of benzene rings is 2. The molecule has 0 aliphatic heterocycles. The third-order valence-corrected chi connectivity index (χ3v) is 4.57. The van der Waals surface area contributed by atoms with Gasteiger partial charge in [0.25, 0.3) is 17.7 Å². The van der Waals surface area contributed by atoms with Gasteiger partial charge >= 0.3 is 0 Å². The van der Waals surface area contributed by atoms with Gasteiger partial charge < -0.3 is 25.1 Å². The van der Waals surface area contributed by atoms with E-state index < -0.39 is 0 Å². The molecule has 0 bridgehead atoms. The Labute approximate surface area is 186 Å². The highest BCUT2D eigenvalue weighted by molar-refractivity contribution is 5.96. The summed E-state index contributed by atoms with van der Waals surface area (Å²) in [5, 5.41) is 8.10. The van der Waals surface area contributed by atoms with Gasteiger partial charge in [0.05, 0.1) is 6.26 Å². The summed E-state index contributed by atoms with van der Waals surface area (Å²) < 4.78 is 10.6. The second kappa shape index (κ2) is 10.8. The first-order valence-electron chi connectivity index (χ1n) is 10.1. The molecule has 0 saturated heterocycles. The van der Waals surface area contributed by atoms with Gasteiger partial charge in [-0.2, -0.15) is 0 Å². The lowest BCUT2D eigenvalue weighted by Crippen LogP contribution is -2.34. The largest absolute Gasteiger partial charge is 0.483 e. The molecule has 0 unspecified atom stereocenters. The van der Waals surface area contributed by atoms with E-state index in [-0.39, 0.29) is 43.2 Å². The van der Waals surface area contributed by atoms with E-state index in [0.717, 1.165) is 11.1 Å². The molecular weight excluding hydrogens is 410 g/mol. The quantitative estimate of drug-likeness (QED) is 0.448. The summed E-state index contributed by atoms with van der Waals surface area (Å²) >= 11 is 0. The highest BCUT2D eigenvalue weighted by atomic mass is 16.5. The fourth-order valence-corrected chi connectivity index (χ4v) is 2.86. The van der Waals surface area contributed by atoms with Crippen molar-refractivity contribution in [2.45, 2.75) is 13.8 Å². The number of hydrogen-bond donors (Lipinski definition) is 3. The summed E-state index contributed by atoms with van der Waals surface area (Å²) in [4.78, 5) is 36.1. The molecule has 0 aliphatic carbocycles. The second-order valence-corrected chi connectivity index (χ2v) is 7.17. The van der Waals surface area contributed by atoms with Gasteiger partial charge in [0.15, 0.2) is 12.4 Å². The number of rotatable bonds is 9. The van der Waals surface area contributed by atoms with Gasteiger partial charge in [-0.3, -0.25) is 14.4 Å². The van der Waals surface area contributed by atoms with E-state index in [2.05, 4.69) is 16.0 Å². The van der Waals surface area contributed by atoms with E-state index in [1.54, 1.807) is 36.4 Å². The first-order chi connectivity index (χ1) is 15.4. The fraction of sp³-hybridized carbons (Fsp3) is 0.208. The summed E-state index contributed by atoms with van der Waals surface area (Å²) in [5.41, 5.74) is 3.01. The van der Waals surface area contributed by atoms with Gasteiger partial charge in [0, 0.05) is 24.3 Å². The van der Waals surface area contributed by atoms with Crippen molar-refractivity contribution in [3.8, 4) is 5.75 Å². The predicted octanol–water partition coefficient (Wildman–Crippen LogP) is 3.07. The van der Waals surface area contributed by atoms with Crippen LogP contribution in [0.3, 0.4) is 0 Å². The average molecular weight is 435 g/mol. The molecule has 8 heteroatoms. The van der Waals surface area contributed by atoms with Crippen LogP contribution in [0.15, 0.2) is 65.3 Å². The van der Waals surface area contributed by atoms with Crippen molar-refractivity contribution in [1.29, 1.82) is 0 Å². The minimum absolute atomic E-state index is 0.115. The number of nitrogens with one attached hydrogen (secondary N) is 3. The van der Waals surface area contributed by atoms with Crippen LogP contribution in [0.4, 0.5) is 5.69 Å². The molecule has 3 amide bonds. The lowest BCUT2D eigenvalue weighted by atomic mass is 10.1. The molecule has 0 radical (unpaired) electrons. The molecule has 0 aliphatic rings. The summed E-state index contributed by atoms with van der Waals surface area (Å²) in [7, 11) is 0. The van der Waals surface area contributed by atoms with Crippen molar-refractivity contribution in [2.75, 3.05) is 25.0 Å². The molecule has 1 heterocycles. The first kappa shape index (κ1) is 22.6. The topological polar surface area (TPSA) is 110 Å². The van der Waals surface area contributed by atoms with E-state index in [9.17, 15) is 14.4 Å². The van der Waals surface area contributed by atoms with Crippen molar-refractivity contribution in [3.05, 3.63) is 83.3 Å².